The maximum absolute atomic E-state index is 9.21. The average molecular weight is 265 g/mol. The summed E-state index contributed by atoms with van der Waals surface area (Å²) in [4.78, 5) is 2.30. The number of nitrogens with two attached hydrogens (primary N) is 2. The number of aliphatic hydroxyl groups excluding tert-OH is 1. The van der Waals surface area contributed by atoms with Crippen LogP contribution in [0.2, 0.25) is 0 Å². The molecule has 0 bridgehead atoms. The van der Waals surface area contributed by atoms with Crippen molar-refractivity contribution >= 4 is 17.1 Å². The fourth-order valence-corrected chi connectivity index (χ4v) is 2.87. The number of nitrogens with zero attached hydrogens (tertiary/aromatic N) is 2. The quantitative estimate of drug-likeness (QED) is 0.547. The van der Waals surface area contributed by atoms with Crippen molar-refractivity contribution in [2.45, 2.75) is 6.92 Å². The molecule has 5 heteroatoms. The standard InChI is InChI=1S/C14H25N4O/c1-2-18(9-10-19)7-5-17(6-8-18)14-11-12(15)3-4-13(14)16/h3-4,11,19H,2,5-10,15-16H2,1H3/q+1. The highest BCUT2D eigenvalue weighted by Crippen LogP contribution is 2.27. The molecule has 1 aromatic rings. The SMILES string of the molecule is CC[N+]1(CCO)CCN(c2cc(N)ccc2N)CC1. The second-order valence-corrected chi connectivity index (χ2v) is 5.36. The molecule has 0 saturated carbocycles. The summed E-state index contributed by atoms with van der Waals surface area (Å²) in [6.07, 6.45) is 0. The summed E-state index contributed by atoms with van der Waals surface area (Å²) in [6, 6.07) is 5.66. The van der Waals surface area contributed by atoms with Gasteiger partial charge in [-0.1, -0.05) is 0 Å². The van der Waals surface area contributed by atoms with Gasteiger partial charge in [0.1, 0.15) is 6.54 Å². The minimum atomic E-state index is 0.258. The Hall–Kier alpha value is -1.46. The maximum Gasteiger partial charge on any atom is 0.102 e. The van der Waals surface area contributed by atoms with E-state index in [1.54, 1.807) is 0 Å². The first kappa shape index (κ1) is 14.0. The van der Waals surface area contributed by atoms with Gasteiger partial charge in [-0.2, -0.15) is 0 Å². The van der Waals surface area contributed by atoms with Crippen molar-refractivity contribution in [3.8, 4) is 0 Å². The Morgan fingerprint density at radius 2 is 1.95 bits per heavy atom. The van der Waals surface area contributed by atoms with E-state index in [9.17, 15) is 5.11 Å². The van der Waals surface area contributed by atoms with Gasteiger partial charge in [-0.15, -0.1) is 0 Å². The molecule has 0 aromatic heterocycles. The monoisotopic (exact) mass is 265 g/mol. The Morgan fingerprint density at radius 1 is 1.26 bits per heavy atom. The number of nitrogen functional groups attached to an aromatic ring is 2. The Morgan fingerprint density at radius 3 is 2.53 bits per heavy atom. The molecule has 0 amide bonds. The van der Waals surface area contributed by atoms with Crippen LogP contribution in [0, 0.1) is 0 Å². The van der Waals surface area contributed by atoms with Gasteiger partial charge in [-0.25, -0.2) is 0 Å². The summed E-state index contributed by atoms with van der Waals surface area (Å²) in [5.41, 5.74) is 14.5. The molecule has 106 valence electrons. The Balaban J connectivity index is 2.09. The van der Waals surface area contributed by atoms with Crippen LogP contribution in [0.25, 0.3) is 0 Å². The summed E-state index contributed by atoms with van der Waals surface area (Å²) in [5.74, 6) is 0. The van der Waals surface area contributed by atoms with Gasteiger partial charge in [0.15, 0.2) is 0 Å². The molecule has 1 heterocycles. The van der Waals surface area contributed by atoms with E-state index in [-0.39, 0.29) is 6.61 Å². The Kier molecular flexibility index (Phi) is 4.17. The maximum atomic E-state index is 9.21. The Bertz CT molecular complexity index is 427. The van der Waals surface area contributed by atoms with Crippen LogP contribution in [0.1, 0.15) is 6.92 Å². The highest BCUT2D eigenvalue weighted by Gasteiger charge is 2.31. The zero-order valence-corrected chi connectivity index (χ0v) is 11.7. The van der Waals surface area contributed by atoms with Crippen LogP contribution in [-0.2, 0) is 0 Å². The number of aliphatic hydroxyl groups is 1. The molecule has 0 atom stereocenters. The molecule has 5 nitrogen and oxygen atoms in total. The van der Waals surface area contributed by atoms with Gasteiger partial charge in [-0.3, -0.25) is 0 Å². The molecule has 1 aliphatic heterocycles. The molecular weight excluding hydrogens is 240 g/mol. The van der Waals surface area contributed by atoms with Crippen molar-refractivity contribution in [3.05, 3.63) is 18.2 Å². The summed E-state index contributed by atoms with van der Waals surface area (Å²) >= 11 is 0. The fourth-order valence-electron chi connectivity index (χ4n) is 2.87. The number of benzene rings is 1. The van der Waals surface area contributed by atoms with Crippen LogP contribution in [0.3, 0.4) is 0 Å². The molecule has 1 aromatic carbocycles. The van der Waals surface area contributed by atoms with Crippen LogP contribution >= 0.6 is 0 Å². The highest BCUT2D eigenvalue weighted by molar-refractivity contribution is 5.72. The summed E-state index contributed by atoms with van der Waals surface area (Å²) < 4.78 is 0.995. The molecule has 0 unspecified atom stereocenters. The van der Waals surface area contributed by atoms with E-state index in [1.165, 1.54) is 0 Å². The predicted octanol–water partition coefficient (Wildman–Crippen LogP) is 0.500. The Labute approximate surface area is 115 Å². The fraction of sp³-hybridized carbons (Fsp3) is 0.571. The third kappa shape index (κ3) is 2.93. The van der Waals surface area contributed by atoms with Gasteiger partial charge < -0.3 is 26.0 Å². The van der Waals surface area contributed by atoms with Crippen molar-refractivity contribution in [1.82, 2.24) is 0 Å². The van der Waals surface area contributed by atoms with Crippen LogP contribution in [-0.4, -0.2) is 55.5 Å². The zero-order valence-electron chi connectivity index (χ0n) is 11.7. The van der Waals surface area contributed by atoms with Crippen molar-refractivity contribution < 1.29 is 9.59 Å². The topological polar surface area (TPSA) is 75.5 Å². The highest BCUT2D eigenvalue weighted by atomic mass is 16.3. The third-order valence-corrected chi connectivity index (χ3v) is 4.33. The van der Waals surface area contributed by atoms with Crippen LogP contribution in [0.4, 0.5) is 17.1 Å². The molecule has 19 heavy (non-hydrogen) atoms. The van der Waals surface area contributed by atoms with Crippen molar-refractivity contribution in [3.63, 3.8) is 0 Å². The third-order valence-electron chi connectivity index (χ3n) is 4.33. The van der Waals surface area contributed by atoms with Crippen LogP contribution in [0.5, 0.6) is 0 Å². The van der Waals surface area contributed by atoms with Crippen molar-refractivity contribution in [2.24, 2.45) is 0 Å². The van der Waals surface area contributed by atoms with Crippen LogP contribution in [0.15, 0.2) is 18.2 Å². The number of anilines is 3. The molecule has 0 spiro atoms. The lowest BCUT2D eigenvalue weighted by molar-refractivity contribution is -0.927. The van der Waals surface area contributed by atoms with E-state index in [0.717, 1.165) is 60.8 Å². The normalized spacial score (nSPS) is 18.5. The summed E-state index contributed by atoms with van der Waals surface area (Å²) in [6.45, 7) is 8.38. The lowest BCUT2D eigenvalue weighted by Crippen LogP contribution is -2.60. The first-order valence-corrected chi connectivity index (χ1v) is 6.96. The van der Waals surface area contributed by atoms with Gasteiger partial charge in [0, 0.05) is 5.69 Å². The zero-order chi connectivity index (χ0) is 13.9. The van der Waals surface area contributed by atoms with Gasteiger partial charge in [0.2, 0.25) is 0 Å². The van der Waals surface area contributed by atoms with Gasteiger partial charge >= 0.3 is 0 Å². The molecular formula is C14H25N4O+. The number of rotatable bonds is 4. The smallest absolute Gasteiger partial charge is 0.102 e. The predicted molar refractivity (Wildman–Crippen MR) is 80.0 cm³/mol. The number of likely N-dealkylation sites (N-methyl/N-ethyl adjacent to an activating group) is 1. The number of hydrogen-bond donors (Lipinski definition) is 3. The number of hydrogen-bond acceptors (Lipinski definition) is 4. The van der Waals surface area contributed by atoms with Crippen molar-refractivity contribution in [2.75, 3.05) is 62.2 Å². The van der Waals surface area contributed by atoms with E-state index in [0.29, 0.717) is 0 Å². The number of quaternary nitrogens is 1. The first-order chi connectivity index (χ1) is 9.10. The molecule has 1 saturated heterocycles. The average Bonchev–Trinajstić information content (AvgIpc) is 2.43. The minimum absolute atomic E-state index is 0.258. The van der Waals surface area contributed by atoms with Crippen molar-refractivity contribution in [1.29, 1.82) is 0 Å². The molecule has 0 aliphatic carbocycles. The molecule has 5 N–H and O–H groups in total. The van der Waals surface area contributed by atoms with Crippen LogP contribution < -0.4 is 16.4 Å². The lowest BCUT2D eigenvalue weighted by Gasteiger charge is -2.45. The second kappa shape index (κ2) is 5.67. The lowest BCUT2D eigenvalue weighted by atomic mass is 10.1. The van der Waals surface area contributed by atoms with E-state index in [1.807, 2.05) is 18.2 Å². The van der Waals surface area contributed by atoms with E-state index >= 15 is 0 Å². The number of piperazine rings is 1. The largest absolute Gasteiger partial charge is 0.399 e. The molecule has 2 rings (SSSR count). The van der Waals surface area contributed by atoms with E-state index < -0.39 is 0 Å². The van der Waals surface area contributed by atoms with E-state index in [4.69, 9.17) is 11.5 Å². The molecule has 1 fully saturated rings. The minimum Gasteiger partial charge on any atom is -0.399 e. The first-order valence-electron chi connectivity index (χ1n) is 6.96. The van der Waals surface area contributed by atoms with Gasteiger partial charge in [0.05, 0.1) is 50.7 Å². The van der Waals surface area contributed by atoms with E-state index in [2.05, 4.69) is 11.8 Å². The van der Waals surface area contributed by atoms with Gasteiger partial charge in [-0.05, 0) is 25.1 Å². The van der Waals surface area contributed by atoms with Gasteiger partial charge in [0.25, 0.3) is 0 Å². The second-order valence-electron chi connectivity index (χ2n) is 5.36. The molecule has 1 aliphatic rings. The molecule has 0 radical (unpaired) electrons. The summed E-state index contributed by atoms with van der Waals surface area (Å²) in [7, 11) is 0. The summed E-state index contributed by atoms with van der Waals surface area (Å²) in [5, 5.41) is 9.21.